The Balaban J connectivity index is 1.58. The summed E-state index contributed by atoms with van der Waals surface area (Å²) in [6.07, 6.45) is 2.66. The number of hydrogen-bond donors (Lipinski definition) is 1. The largest absolute Gasteiger partial charge is 0.462 e. The zero-order chi connectivity index (χ0) is 20.9. The van der Waals surface area contributed by atoms with Gasteiger partial charge in [0.1, 0.15) is 23.5 Å². The van der Waals surface area contributed by atoms with E-state index in [-0.39, 0.29) is 12.2 Å². The van der Waals surface area contributed by atoms with E-state index in [1.54, 1.807) is 35.2 Å². The van der Waals surface area contributed by atoms with Crippen LogP contribution in [-0.4, -0.2) is 58.4 Å². The molecule has 3 aromatic heterocycles. The second kappa shape index (κ2) is 6.80. The van der Waals surface area contributed by atoms with E-state index in [0.29, 0.717) is 41.7 Å². The number of aromatic nitrogens is 3. The minimum absolute atomic E-state index is 0.0668. The van der Waals surface area contributed by atoms with Crippen molar-refractivity contribution < 1.29 is 19.1 Å². The van der Waals surface area contributed by atoms with E-state index in [1.807, 2.05) is 4.90 Å². The van der Waals surface area contributed by atoms with Gasteiger partial charge in [-0.25, -0.2) is 19.6 Å². The molecule has 0 aliphatic carbocycles. The Bertz CT molecular complexity index is 1220. The van der Waals surface area contributed by atoms with E-state index < -0.39 is 23.0 Å². The number of hydrogen-bond acceptors (Lipinski definition) is 9. The van der Waals surface area contributed by atoms with E-state index in [4.69, 9.17) is 9.47 Å². The van der Waals surface area contributed by atoms with Gasteiger partial charge in [-0.05, 0) is 19.1 Å². The lowest BCUT2D eigenvalue weighted by Gasteiger charge is -2.46. The number of carbonyl (C=O) groups excluding carboxylic acids is 2. The smallest absolute Gasteiger partial charge is 0.407 e. The number of cyclic esters (lactones) is 1. The van der Waals surface area contributed by atoms with Gasteiger partial charge in [-0.2, -0.15) is 0 Å². The van der Waals surface area contributed by atoms with Crippen molar-refractivity contribution in [1.82, 2.24) is 19.9 Å². The van der Waals surface area contributed by atoms with Crippen molar-refractivity contribution >= 4 is 40.3 Å². The molecule has 5 rings (SSSR count). The van der Waals surface area contributed by atoms with Crippen LogP contribution in [0, 0.1) is 0 Å². The monoisotopic (exact) mass is 427 g/mol. The van der Waals surface area contributed by atoms with Gasteiger partial charge in [0.25, 0.3) is 0 Å². The van der Waals surface area contributed by atoms with Gasteiger partial charge in [-0.3, -0.25) is 9.36 Å². The maximum Gasteiger partial charge on any atom is 0.407 e. The molecule has 11 heteroatoms. The molecule has 2 saturated heterocycles. The normalized spacial score (nSPS) is 17.0. The maximum absolute atomic E-state index is 12.9. The summed E-state index contributed by atoms with van der Waals surface area (Å²) in [5.41, 5.74) is -0.501. The predicted octanol–water partition coefficient (Wildman–Crippen LogP) is 1.32. The maximum atomic E-state index is 12.9. The molecular formula is C19H17N5O5S. The van der Waals surface area contributed by atoms with Crippen LogP contribution in [0.3, 0.4) is 0 Å². The first-order valence-corrected chi connectivity index (χ1v) is 10.2. The van der Waals surface area contributed by atoms with Crippen LogP contribution in [0.25, 0.3) is 16.2 Å². The van der Waals surface area contributed by atoms with Crippen LogP contribution < -0.4 is 15.6 Å². The van der Waals surface area contributed by atoms with Gasteiger partial charge in [-0.1, -0.05) is 0 Å². The zero-order valence-electron chi connectivity index (χ0n) is 16.0. The first kappa shape index (κ1) is 18.6. The Kier molecular flexibility index (Phi) is 4.21. The third kappa shape index (κ3) is 2.89. The fraction of sp³-hybridized carbons (Fsp3) is 0.316. The average Bonchev–Trinajstić information content (AvgIpc) is 3.37. The molecule has 1 N–H and O–H groups in total. The average molecular weight is 427 g/mol. The molecule has 2 fully saturated rings. The number of nitrogens with zero attached hydrogens (tertiary/aromatic N) is 4. The highest BCUT2D eigenvalue weighted by Gasteiger charge is 2.50. The SMILES string of the molecule is CCOC(=O)c1cn(-c2nccs2)c2nc(N3CC4(COC(=O)N4)C3)ccc2c1=O. The van der Waals surface area contributed by atoms with Crippen molar-refractivity contribution in [3.8, 4) is 5.13 Å². The molecule has 0 saturated carbocycles. The van der Waals surface area contributed by atoms with Crippen molar-refractivity contribution in [1.29, 1.82) is 0 Å². The minimum atomic E-state index is -0.680. The third-order valence-corrected chi connectivity index (χ3v) is 5.89. The molecule has 0 atom stereocenters. The minimum Gasteiger partial charge on any atom is -0.462 e. The number of anilines is 1. The molecule has 2 aliphatic heterocycles. The Hall–Kier alpha value is -3.47. The molecule has 3 aromatic rings. The predicted molar refractivity (Wildman–Crippen MR) is 108 cm³/mol. The Labute approximate surface area is 174 Å². The quantitative estimate of drug-likeness (QED) is 0.620. The van der Waals surface area contributed by atoms with Gasteiger partial charge >= 0.3 is 12.1 Å². The lowest BCUT2D eigenvalue weighted by atomic mass is 9.91. The number of pyridine rings is 2. The fourth-order valence-corrected chi connectivity index (χ4v) is 4.33. The Morgan fingerprint density at radius 1 is 1.37 bits per heavy atom. The highest BCUT2D eigenvalue weighted by molar-refractivity contribution is 7.12. The molecule has 0 radical (unpaired) electrons. The Morgan fingerprint density at radius 2 is 2.20 bits per heavy atom. The summed E-state index contributed by atoms with van der Waals surface area (Å²) in [6.45, 7) is 3.29. The summed E-state index contributed by atoms with van der Waals surface area (Å²) >= 11 is 1.36. The highest BCUT2D eigenvalue weighted by atomic mass is 32.1. The Morgan fingerprint density at radius 3 is 2.87 bits per heavy atom. The molecule has 5 heterocycles. The van der Waals surface area contributed by atoms with Gasteiger partial charge < -0.3 is 19.7 Å². The lowest BCUT2D eigenvalue weighted by Crippen LogP contribution is -2.69. The molecule has 154 valence electrons. The number of carbonyl (C=O) groups is 2. The summed E-state index contributed by atoms with van der Waals surface area (Å²) in [4.78, 5) is 47.6. The van der Waals surface area contributed by atoms with E-state index in [9.17, 15) is 14.4 Å². The number of esters is 1. The van der Waals surface area contributed by atoms with Gasteiger partial charge in [0.2, 0.25) is 5.43 Å². The third-order valence-electron chi connectivity index (χ3n) is 5.11. The van der Waals surface area contributed by atoms with Gasteiger partial charge in [-0.15, -0.1) is 11.3 Å². The van der Waals surface area contributed by atoms with Crippen LogP contribution in [0.4, 0.5) is 10.6 Å². The van der Waals surface area contributed by atoms with E-state index in [1.165, 1.54) is 17.5 Å². The number of thiazole rings is 1. The number of amides is 1. The second-order valence-corrected chi connectivity index (χ2v) is 8.03. The number of alkyl carbamates (subject to hydrolysis) is 1. The first-order valence-electron chi connectivity index (χ1n) is 9.33. The number of ether oxygens (including phenoxy) is 2. The van der Waals surface area contributed by atoms with E-state index in [2.05, 4.69) is 15.3 Å². The molecular weight excluding hydrogens is 410 g/mol. The fourth-order valence-electron chi connectivity index (χ4n) is 3.71. The first-order chi connectivity index (χ1) is 14.5. The molecule has 10 nitrogen and oxygen atoms in total. The van der Waals surface area contributed by atoms with Crippen LogP contribution in [0.1, 0.15) is 17.3 Å². The summed E-state index contributed by atoms with van der Waals surface area (Å²) in [5.74, 6) is -0.0247. The van der Waals surface area contributed by atoms with Crippen molar-refractivity contribution in [2.24, 2.45) is 0 Å². The standard InChI is InChI=1S/C19H17N5O5S/c1-2-28-16(26)12-7-24(17-20-5-6-30-17)15-11(14(12)25)3-4-13(21-15)23-8-19(9-23)10-29-18(27)22-19/h3-7H,2,8-10H2,1H3,(H,22,27). The van der Waals surface area contributed by atoms with Crippen molar-refractivity contribution in [3.05, 3.63) is 45.7 Å². The second-order valence-electron chi connectivity index (χ2n) is 7.16. The van der Waals surface area contributed by atoms with Gasteiger partial charge in [0.15, 0.2) is 10.8 Å². The van der Waals surface area contributed by atoms with Crippen LogP contribution in [-0.2, 0) is 9.47 Å². The van der Waals surface area contributed by atoms with Crippen LogP contribution in [0.15, 0.2) is 34.7 Å². The topological polar surface area (TPSA) is 116 Å². The van der Waals surface area contributed by atoms with Gasteiger partial charge in [0.05, 0.1) is 12.0 Å². The summed E-state index contributed by atoms with van der Waals surface area (Å²) in [7, 11) is 0. The van der Waals surface area contributed by atoms with Crippen LogP contribution in [0.5, 0.6) is 0 Å². The molecule has 0 bridgehead atoms. The summed E-state index contributed by atoms with van der Waals surface area (Å²) in [6, 6.07) is 3.39. The molecule has 1 amide bonds. The number of rotatable bonds is 4. The van der Waals surface area contributed by atoms with Crippen molar-refractivity contribution in [2.75, 3.05) is 31.2 Å². The van der Waals surface area contributed by atoms with Crippen LogP contribution >= 0.6 is 11.3 Å². The lowest BCUT2D eigenvalue weighted by molar-refractivity contribution is 0.0524. The zero-order valence-corrected chi connectivity index (χ0v) is 16.8. The van der Waals surface area contributed by atoms with Gasteiger partial charge in [0, 0.05) is 30.9 Å². The molecule has 0 unspecified atom stereocenters. The van der Waals surface area contributed by atoms with E-state index >= 15 is 0 Å². The summed E-state index contributed by atoms with van der Waals surface area (Å²) < 4.78 is 11.7. The molecule has 30 heavy (non-hydrogen) atoms. The van der Waals surface area contributed by atoms with Crippen molar-refractivity contribution in [2.45, 2.75) is 12.5 Å². The van der Waals surface area contributed by atoms with E-state index in [0.717, 1.165) is 0 Å². The summed E-state index contributed by atoms with van der Waals surface area (Å²) in [5, 5.41) is 5.51. The van der Waals surface area contributed by atoms with Crippen LogP contribution in [0.2, 0.25) is 0 Å². The molecule has 0 aromatic carbocycles. The highest BCUT2D eigenvalue weighted by Crippen LogP contribution is 2.30. The van der Waals surface area contributed by atoms with Crippen molar-refractivity contribution in [3.63, 3.8) is 0 Å². The number of fused-ring (bicyclic) bond motifs is 1. The molecule has 1 spiro atoms. The number of nitrogens with one attached hydrogen (secondary N) is 1. The molecule has 2 aliphatic rings.